The number of nitrogens with zero attached hydrogens (tertiary/aromatic N) is 3. The van der Waals surface area contributed by atoms with Crippen LogP contribution in [-0.2, 0) is 0 Å². The van der Waals surface area contributed by atoms with Crippen molar-refractivity contribution in [2.24, 2.45) is 4.99 Å². The van der Waals surface area contributed by atoms with Crippen molar-refractivity contribution in [1.82, 2.24) is 9.80 Å². The molecule has 2 heterocycles. The molecular formula is C19H23ClN4O. The number of hydrogen-bond acceptors (Lipinski definition) is 5. The first-order valence-electron chi connectivity index (χ1n) is 8.50. The summed E-state index contributed by atoms with van der Waals surface area (Å²) in [6, 6.07) is 7.48. The van der Waals surface area contributed by atoms with E-state index in [9.17, 15) is 5.11 Å². The first-order valence-corrected chi connectivity index (χ1v) is 8.88. The van der Waals surface area contributed by atoms with Gasteiger partial charge in [-0.3, -0.25) is 0 Å². The van der Waals surface area contributed by atoms with Crippen LogP contribution in [0.5, 0.6) is 0 Å². The average Bonchev–Trinajstić information content (AvgIpc) is 2.62. The number of allylic oxidation sites excluding steroid dienone is 1. The number of hydrogen-bond donors (Lipinski definition) is 2. The molecule has 0 atom stereocenters. The minimum Gasteiger partial charge on any atom is -0.392 e. The van der Waals surface area contributed by atoms with Crippen molar-refractivity contribution in [2.75, 3.05) is 31.6 Å². The summed E-state index contributed by atoms with van der Waals surface area (Å²) < 4.78 is 0. The fourth-order valence-corrected chi connectivity index (χ4v) is 3.13. The van der Waals surface area contributed by atoms with Crippen molar-refractivity contribution in [1.29, 1.82) is 0 Å². The van der Waals surface area contributed by atoms with Crippen LogP contribution < -0.4 is 5.32 Å². The van der Waals surface area contributed by atoms with Gasteiger partial charge in [0.2, 0.25) is 0 Å². The van der Waals surface area contributed by atoms with Crippen molar-refractivity contribution in [2.45, 2.75) is 13.8 Å². The van der Waals surface area contributed by atoms with Crippen LogP contribution in [0.25, 0.3) is 0 Å². The lowest BCUT2D eigenvalue weighted by molar-refractivity contribution is 0.319. The van der Waals surface area contributed by atoms with Crippen molar-refractivity contribution in [3.63, 3.8) is 0 Å². The van der Waals surface area contributed by atoms with E-state index >= 15 is 0 Å². The molecule has 0 aromatic heterocycles. The predicted octanol–water partition coefficient (Wildman–Crippen LogP) is 3.42. The monoisotopic (exact) mass is 358 g/mol. The maximum absolute atomic E-state index is 9.73. The quantitative estimate of drug-likeness (QED) is 0.818. The second-order valence-electron chi connectivity index (χ2n) is 5.90. The number of fused-ring (bicyclic) bond motifs is 1. The molecule has 3 rings (SSSR count). The molecule has 1 aromatic carbocycles. The van der Waals surface area contributed by atoms with Gasteiger partial charge in [-0.1, -0.05) is 17.7 Å². The Hall–Kier alpha value is -2.24. The number of aliphatic hydroxyl groups excluding tert-OH is 1. The minimum atomic E-state index is -0.0450. The van der Waals surface area contributed by atoms with Gasteiger partial charge in [0, 0.05) is 47.3 Å². The van der Waals surface area contributed by atoms with Gasteiger partial charge in [-0.25, -0.2) is 4.99 Å². The summed E-state index contributed by atoms with van der Waals surface area (Å²) in [5, 5.41) is 13.7. The second-order valence-corrected chi connectivity index (χ2v) is 6.34. The van der Waals surface area contributed by atoms with E-state index in [2.05, 4.69) is 36.2 Å². The van der Waals surface area contributed by atoms with E-state index < -0.39 is 0 Å². The Bertz CT molecular complexity index is 762. The van der Waals surface area contributed by atoms with Crippen LogP contribution in [0.4, 0.5) is 5.69 Å². The number of anilines is 1. The number of aliphatic hydroxyl groups is 1. The summed E-state index contributed by atoms with van der Waals surface area (Å²) in [4.78, 5) is 9.06. The predicted molar refractivity (Wildman–Crippen MR) is 103 cm³/mol. The summed E-state index contributed by atoms with van der Waals surface area (Å²) >= 11 is 6.06. The summed E-state index contributed by atoms with van der Waals surface area (Å²) in [5.41, 5.74) is 2.84. The molecule has 0 aliphatic carbocycles. The molecule has 0 fully saturated rings. The molecular weight excluding hydrogens is 336 g/mol. The molecule has 0 saturated carbocycles. The van der Waals surface area contributed by atoms with Crippen LogP contribution in [0.2, 0.25) is 5.02 Å². The first-order chi connectivity index (χ1) is 12.1. The van der Waals surface area contributed by atoms with E-state index in [1.54, 1.807) is 0 Å². The molecule has 132 valence electrons. The van der Waals surface area contributed by atoms with Gasteiger partial charge in [0.1, 0.15) is 11.7 Å². The highest BCUT2D eigenvalue weighted by Crippen LogP contribution is 2.24. The molecule has 0 spiro atoms. The summed E-state index contributed by atoms with van der Waals surface area (Å²) in [5.74, 6) is 1.55. The molecule has 1 aromatic rings. The molecule has 0 amide bonds. The maximum Gasteiger partial charge on any atom is 0.137 e. The molecule has 6 heteroatoms. The Morgan fingerprint density at radius 1 is 1.32 bits per heavy atom. The molecule has 0 bridgehead atoms. The van der Waals surface area contributed by atoms with Crippen LogP contribution in [0.1, 0.15) is 13.8 Å². The van der Waals surface area contributed by atoms with Crippen molar-refractivity contribution in [3.8, 4) is 0 Å². The third-order valence-electron chi connectivity index (χ3n) is 4.33. The van der Waals surface area contributed by atoms with Gasteiger partial charge in [-0.2, -0.15) is 0 Å². The van der Waals surface area contributed by atoms with Crippen LogP contribution in [-0.4, -0.2) is 47.0 Å². The zero-order chi connectivity index (χ0) is 17.8. The minimum absolute atomic E-state index is 0.0450. The van der Waals surface area contributed by atoms with Crippen LogP contribution in [0, 0.1) is 0 Å². The zero-order valence-electron chi connectivity index (χ0n) is 14.5. The maximum atomic E-state index is 9.73. The molecule has 0 unspecified atom stereocenters. The lowest BCUT2D eigenvalue weighted by Crippen LogP contribution is -2.36. The van der Waals surface area contributed by atoms with E-state index in [0.717, 1.165) is 35.9 Å². The normalized spacial score (nSPS) is 16.4. The van der Waals surface area contributed by atoms with Gasteiger partial charge in [-0.05, 0) is 38.1 Å². The van der Waals surface area contributed by atoms with Gasteiger partial charge >= 0.3 is 0 Å². The highest BCUT2D eigenvalue weighted by Gasteiger charge is 2.22. The largest absolute Gasteiger partial charge is 0.392 e. The third-order valence-corrected chi connectivity index (χ3v) is 4.56. The van der Waals surface area contributed by atoms with E-state index in [0.29, 0.717) is 17.4 Å². The average molecular weight is 359 g/mol. The summed E-state index contributed by atoms with van der Waals surface area (Å²) in [6.45, 7) is 6.75. The van der Waals surface area contributed by atoms with Gasteiger partial charge in [0.05, 0.1) is 13.2 Å². The fourth-order valence-electron chi connectivity index (χ4n) is 2.94. The highest BCUT2D eigenvalue weighted by molar-refractivity contribution is 6.30. The third kappa shape index (κ3) is 3.89. The van der Waals surface area contributed by atoms with Crippen molar-refractivity contribution >= 4 is 23.1 Å². The zero-order valence-corrected chi connectivity index (χ0v) is 15.3. The highest BCUT2D eigenvalue weighted by atomic mass is 35.5. The Morgan fingerprint density at radius 2 is 2.12 bits per heavy atom. The van der Waals surface area contributed by atoms with E-state index in [1.807, 2.05) is 35.4 Å². The van der Waals surface area contributed by atoms with E-state index in [4.69, 9.17) is 16.6 Å². The topological polar surface area (TPSA) is 51.1 Å². The van der Waals surface area contributed by atoms with Gasteiger partial charge < -0.3 is 20.2 Å². The molecule has 0 saturated heterocycles. The Morgan fingerprint density at radius 3 is 2.80 bits per heavy atom. The molecule has 25 heavy (non-hydrogen) atoms. The van der Waals surface area contributed by atoms with Crippen LogP contribution in [0.15, 0.2) is 64.7 Å². The van der Waals surface area contributed by atoms with E-state index in [1.165, 1.54) is 0 Å². The Labute approximate surface area is 153 Å². The van der Waals surface area contributed by atoms with Gasteiger partial charge in [-0.15, -0.1) is 0 Å². The number of aliphatic imine (C=N–C) groups is 1. The van der Waals surface area contributed by atoms with Gasteiger partial charge in [0.15, 0.2) is 0 Å². The first kappa shape index (κ1) is 17.6. The second kappa shape index (κ2) is 7.76. The number of benzene rings is 1. The lowest BCUT2D eigenvalue weighted by Gasteiger charge is -2.32. The number of likely N-dealkylation sites (N-methyl/N-ethyl adjacent to an activating group) is 1. The molecule has 0 radical (unpaired) electrons. The molecule has 2 aliphatic heterocycles. The molecule has 2 N–H and O–H groups in total. The Kier molecular flexibility index (Phi) is 5.46. The Balaban J connectivity index is 1.90. The molecule has 5 nitrogen and oxygen atoms in total. The number of nitrogens with one attached hydrogen (secondary N) is 1. The van der Waals surface area contributed by atoms with Crippen LogP contribution >= 0.6 is 11.6 Å². The fraction of sp³-hybridized carbons (Fsp3) is 0.316. The van der Waals surface area contributed by atoms with Gasteiger partial charge in [0.25, 0.3) is 0 Å². The SMILES string of the molecule is CCN(CC)C1=CC2=NC(Nc3cccc(Cl)c3)=C(CO)CN2C=C1. The lowest BCUT2D eigenvalue weighted by atomic mass is 10.1. The van der Waals surface area contributed by atoms with Crippen LogP contribution in [0.3, 0.4) is 0 Å². The number of halogens is 1. The molecule has 2 aliphatic rings. The van der Waals surface area contributed by atoms with E-state index in [-0.39, 0.29) is 6.61 Å². The van der Waals surface area contributed by atoms with Crippen molar-refractivity contribution in [3.05, 3.63) is 64.7 Å². The standard InChI is InChI=1S/C19H23ClN4O/c1-3-23(4-2)17-8-9-24-12-14(13-25)19(22-18(24)11-17)21-16-7-5-6-15(20)10-16/h5-11,21,25H,3-4,12-13H2,1-2H3. The number of amidine groups is 1. The smallest absolute Gasteiger partial charge is 0.137 e. The summed E-state index contributed by atoms with van der Waals surface area (Å²) in [7, 11) is 0. The summed E-state index contributed by atoms with van der Waals surface area (Å²) in [6.07, 6.45) is 6.20. The number of rotatable bonds is 6. The van der Waals surface area contributed by atoms with Crippen molar-refractivity contribution < 1.29 is 5.11 Å².